The molecule has 34 heavy (non-hydrogen) atoms. The van der Waals surface area contributed by atoms with Gasteiger partial charge in [-0.05, 0) is 72.9 Å². The molecule has 2 aliphatic rings. The third kappa shape index (κ3) is 4.53. The molecule has 1 amide bonds. The Morgan fingerprint density at radius 3 is 2.26 bits per heavy atom. The number of nitrogens with one attached hydrogen (secondary N) is 2. The second kappa shape index (κ2) is 10.5. The lowest BCUT2D eigenvalue weighted by molar-refractivity contribution is -0.126. The Labute approximate surface area is 202 Å². The molecule has 0 spiro atoms. The van der Waals surface area contributed by atoms with Gasteiger partial charge in [0, 0.05) is 6.54 Å². The summed E-state index contributed by atoms with van der Waals surface area (Å²) in [5.74, 6) is 0.0816. The molecule has 0 bridgehead atoms. The number of benzene rings is 3. The Morgan fingerprint density at radius 1 is 0.912 bits per heavy atom. The van der Waals surface area contributed by atoms with E-state index in [1.807, 2.05) is 6.07 Å². The molecule has 3 aromatic rings. The van der Waals surface area contributed by atoms with E-state index in [1.165, 1.54) is 29.5 Å². The van der Waals surface area contributed by atoms with Crippen LogP contribution >= 0.6 is 0 Å². The summed E-state index contributed by atoms with van der Waals surface area (Å²) in [4.78, 5) is 14.0. The van der Waals surface area contributed by atoms with E-state index in [0.717, 1.165) is 43.4 Å². The van der Waals surface area contributed by atoms with E-state index in [0.29, 0.717) is 13.2 Å². The van der Waals surface area contributed by atoms with Crippen LogP contribution in [0.2, 0.25) is 0 Å². The van der Waals surface area contributed by atoms with Crippen LogP contribution in [0, 0.1) is 0 Å². The maximum atomic E-state index is 14.0. The number of amides is 1. The van der Waals surface area contributed by atoms with Crippen molar-refractivity contribution in [1.82, 2.24) is 10.6 Å². The van der Waals surface area contributed by atoms with Crippen LogP contribution < -0.4 is 10.6 Å². The van der Waals surface area contributed by atoms with Crippen molar-refractivity contribution >= 4 is 5.91 Å². The van der Waals surface area contributed by atoms with Gasteiger partial charge in [0.25, 0.3) is 0 Å². The molecule has 4 nitrogen and oxygen atoms in total. The van der Waals surface area contributed by atoms with Gasteiger partial charge in [-0.3, -0.25) is 10.1 Å². The standard InChI is InChI=1S/C30H34N2O2/c33-29(32-21-22-34-28-18-8-9-20-31-28)30(19-10-13-23-11-2-1-3-12-23)26-16-6-4-14-24(26)25-15-5-7-17-27(25)30/h1-7,11-12,14-17,28,31H,8-10,13,18-22H2,(H,32,33). The van der Waals surface area contributed by atoms with Crippen molar-refractivity contribution < 1.29 is 9.53 Å². The van der Waals surface area contributed by atoms with Gasteiger partial charge in [-0.15, -0.1) is 0 Å². The Kier molecular flexibility index (Phi) is 7.08. The Bertz CT molecular complexity index is 1060. The minimum Gasteiger partial charge on any atom is -0.362 e. The summed E-state index contributed by atoms with van der Waals surface area (Å²) in [6.07, 6.45) is 6.21. The zero-order chi connectivity index (χ0) is 23.2. The van der Waals surface area contributed by atoms with Gasteiger partial charge in [0.2, 0.25) is 5.91 Å². The predicted octanol–water partition coefficient (Wildman–Crippen LogP) is 5.21. The van der Waals surface area contributed by atoms with Gasteiger partial charge in [-0.1, -0.05) is 78.9 Å². The number of aryl methyl sites for hydroxylation is 1. The lowest BCUT2D eigenvalue weighted by Crippen LogP contribution is -2.46. The van der Waals surface area contributed by atoms with Crippen molar-refractivity contribution in [1.29, 1.82) is 0 Å². The van der Waals surface area contributed by atoms with Crippen LogP contribution in [0.5, 0.6) is 0 Å². The first-order chi connectivity index (χ1) is 16.8. The van der Waals surface area contributed by atoms with Gasteiger partial charge in [0.15, 0.2) is 0 Å². The molecule has 1 heterocycles. The summed E-state index contributed by atoms with van der Waals surface area (Å²) in [5.41, 5.74) is 5.23. The summed E-state index contributed by atoms with van der Waals surface area (Å²) in [7, 11) is 0. The lowest BCUT2D eigenvalue weighted by atomic mass is 9.73. The van der Waals surface area contributed by atoms with Crippen molar-refractivity contribution in [3.05, 3.63) is 95.6 Å². The van der Waals surface area contributed by atoms with Gasteiger partial charge in [0.1, 0.15) is 11.6 Å². The van der Waals surface area contributed by atoms with Gasteiger partial charge in [0.05, 0.1) is 6.61 Å². The van der Waals surface area contributed by atoms with E-state index in [-0.39, 0.29) is 12.1 Å². The predicted molar refractivity (Wildman–Crippen MR) is 137 cm³/mol. The van der Waals surface area contributed by atoms with Gasteiger partial charge in [-0.25, -0.2) is 0 Å². The van der Waals surface area contributed by atoms with E-state index in [9.17, 15) is 4.79 Å². The van der Waals surface area contributed by atoms with Crippen molar-refractivity contribution in [2.75, 3.05) is 19.7 Å². The molecule has 176 valence electrons. The summed E-state index contributed by atoms with van der Waals surface area (Å²) in [5, 5.41) is 6.65. The van der Waals surface area contributed by atoms with Crippen LogP contribution in [0.1, 0.15) is 48.8 Å². The topological polar surface area (TPSA) is 50.4 Å². The first-order valence-electron chi connectivity index (χ1n) is 12.7. The molecule has 1 aliphatic heterocycles. The van der Waals surface area contributed by atoms with E-state index < -0.39 is 5.41 Å². The molecular formula is C30H34N2O2. The Hall–Kier alpha value is -2.95. The van der Waals surface area contributed by atoms with Crippen LogP contribution in [0.3, 0.4) is 0 Å². The van der Waals surface area contributed by atoms with Crippen LogP contribution in [0.25, 0.3) is 11.1 Å². The molecule has 1 unspecified atom stereocenters. The first kappa shape index (κ1) is 22.8. The fourth-order valence-corrected chi connectivity index (χ4v) is 5.63. The quantitative estimate of drug-likeness (QED) is 0.437. The number of hydrogen-bond acceptors (Lipinski definition) is 3. The minimum absolute atomic E-state index is 0.0816. The molecule has 3 aromatic carbocycles. The molecule has 1 saturated heterocycles. The highest BCUT2D eigenvalue weighted by atomic mass is 16.5. The summed E-state index contributed by atoms with van der Waals surface area (Å²) in [6, 6.07) is 27.4. The molecule has 4 heteroatoms. The second-order valence-electron chi connectivity index (χ2n) is 9.40. The number of carbonyl (C=O) groups excluding carboxylic acids is 1. The molecule has 5 rings (SSSR count). The maximum absolute atomic E-state index is 14.0. The van der Waals surface area contributed by atoms with E-state index in [4.69, 9.17) is 4.74 Å². The Balaban J connectivity index is 1.37. The third-order valence-corrected chi connectivity index (χ3v) is 7.28. The highest BCUT2D eigenvalue weighted by Gasteiger charge is 2.48. The fraction of sp³-hybridized carbons (Fsp3) is 0.367. The Morgan fingerprint density at radius 2 is 1.59 bits per heavy atom. The van der Waals surface area contributed by atoms with Crippen LogP contribution in [-0.4, -0.2) is 31.8 Å². The zero-order valence-corrected chi connectivity index (χ0v) is 19.8. The normalized spacial score (nSPS) is 18.2. The van der Waals surface area contributed by atoms with Crippen molar-refractivity contribution in [3.8, 4) is 11.1 Å². The largest absolute Gasteiger partial charge is 0.362 e. The number of hydrogen-bond donors (Lipinski definition) is 2. The second-order valence-corrected chi connectivity index (χ2v) is 9.40. The number of rotatable bonds is 9. The SMILES string of the molecule is O=C(NCCOC1CCCCN1)C1(CCCc2ccccc2)c2ccccc2-c2ccccc21. The molecule has 1 atom stereocenters. The van der Waals surface area contributed by atoms with Gasteiger partial charge < -0.3 is 10.1 Å². The highest BCUT2D eigenvalue weighted by molar-refractivity contribution is 6.00. The van der Waals surface area contributed by atoms with Crippen molar-refractivity contribution in [2.45, 2.75) is 50.2 Å². The zero-order valence-electron chi connectivity index (χ0n) is 19.8. The number of carbonyl (C=O) groups is 1. The molecule has 1 fully saturated rings. The summed E-state index contributed by atoms with van der Waals surface area (Å²) in [6.45, 7) is 2.05. The van der Waals surface area contributed by atoms with Crippen molar-refractivity contribution in [3.63, 3.8) is 0 Å². The van der Waals surface area contributed by atoms with Crippen molar-refractivity contribution in [2.24, 2.45) is 0 Å². The molecule has 0 aromatic heterocycles. The van der Waals surface area contributed by atoms with Gasteiger partial charge in [-0.2, -0.15) is 0 Å². The van der Waals surface area contributed by atoms with Gasteiger partial charge >= 0.3 is 0 Å². The highest BCUT2D eigenvalue weighted by Crippen LogP contribution is 2.51. The summed E-state index contributed by atoms with van der Waals surface area (Å²) < 4.78 is 5.98. The first-order valence-corrected chi connectivity index (χ1v) is 12.7. The molecule has 0 saturated carbocycles. The van der Waals surface area contributed by atoms with E-state index in [1.54, 1.807) is 0 Å². The average Bonchev–Trinajstić information content (AvgIpc) is 3.19. The number of piperidine rings is 1. The monoisotopic (exact) mass is 454 g/mol. The molecular weight excluding hydrogens is 420 g/mol. The average molecular weight is 455 g/mol. The smallest absolute Gasteiger partial charge is 0.235 e. The lowest BCUT2D eigenvalue weighted by Gasteiger charge is -2.31. The third-order valence-electron chi connectivity index (χ3n) is 7.28. The minimum atomic E-state index is -0.676. The van der Waals surface area contributed by atoms with E-state index >= 15 is 0 Å². The number of fused-ring (bicyclic) bond motifs is 3. The molecule has 2 N–H and O–H groups in total. The molecule has 0 radical (unpaired) electrons. The van der Waals surface area contributed by atoms with Crippen LogP contribution in [0.15, 0.2) is 78.9 Å². The summed E-state index contributed by atoms with van der Waals surface area (Å²) >= 11 is 0. The van der Waals surface area contributed by atoms with Crippen LogP contribution in [0.4, 0.5) is 0 Å². The van der Waals surface area contributed by atoms with Crippen LogP contribution in [-0.2, 0) is 21.4 Å². The fourth-order valence-electron chi connectivity index (χ4n) is 5.63. The molecule has 1 aliphatic carbocycles. The van der Waals surface area contributed by atoms with E-state index in [2.05, 4.69) is 83.4 Å². The number of ether oxygens (including phenoxy) is 1. The maximum Gasteiger partial charge on any atom is 0.235 e.